The van der Waals surface area contributed by atoms with E-state index in [2.05, 4.69) is 13.8 Å². The first-order chi connectivity index (χ1) is 20.5. The second kappa shape index (κ2) is 11.4. The number of hydrogen-bond donors (Lipinski definition) is 1. The Morgan fingerprint density at radius 3 is 2.42 bits per heavy atom. The van der Waals surface area contributed by atoms with Gasteiger partial charge in [-0.25, -0.2) is 4.79 Å². The van der Waals surface area contributed by atoms with Gasteiger partial charge in [0, 0.05) is 37.2 Å². The number of esters is 2. The molecule has 1 aliphatic heterocycles. The summed E-state index contributed by atoms with van der Waals surface area (Å²) in [7, 11) is 0. The number of carbonyl (C=O) groups excluding carboxylic acids is 2. The lowest BCUT2D eigenvalue weighted by Gasteiger charge is -2.61. The fourth-order valence-corrected chi connectivity index (χ4v) is 10.3. The first-order valence-electron chi connectivity index (χ1n) is 16.3. The molecule has 5 aliphatic rings. The molecule has 2 heterocycles. The van der Waals surface area contributed by atoms with E-state index >= 15 is 0 Å². The molecule has 0 aromatic carbocycles. The van der Waals surface area contributed by atoms with Crippen LogP contribution in [0.1, 0.15) is 116 Å². The molecule has 1 aromatic heterocycles. The lowest BCUT2D eigenvalue weighted by atomic mass is 9.44. The van der Waals surface area contributed by atoms with Crippen molar-refractivity contribution in [1.29, 1.82) is 0 Å². The highest BCUT2D eigenvalue weighted by atomic mass is 16.7. The summed E-state index contributed by atoms with van der Waals surface area (Å²) in [6.45, 7) is 6.19. The first kappa shape index (κ1) is 30.4. The minimum atomic E-state index is -0.772. The molecule has 0 unspecified atom stereocenters. The Bertz CT molecular complexity index is 1280. The zero-order valence-electron chi connectivity index (χ0n) is 25.7. The molecule has 0 radical (unpaired) electrons. The number of unbranched alkanes of at least 4 members (excludes halogenated alkanes) is 3. The van der Waals surface area contributed by atoms with E-state index in [9.17, 15) is 19.2 Å². The largest absolute Gasteiger partial charge is 0.481 e. The quantitative estimate of drug-likeness (QED) is 0.202. The van der Waals surface area contributed by atoms with Crippen molar-refractivity contribution in [2.75, 3.05) is 0 Å². The van der Waals surface area contributed by atoms with Crippen LogP contribution in [0.3, 0.4) is 0 Å². The van der Waals surface area contributed by atoms with Crippen molar-refractivity contribution in [2.24, 2.45) is 28.6 Å². The molecule has 1 spiro atoms. The number of carboxylic acids is 1. The van der Waals surface area contributed by atoms with Crippen LogP contribution in [0.4, 0.5) is 0 Å². The van der Waals surface area contributed by atoms with Gasteiger partial charge in [-0.1, -0.05) is 26.7 Å². The summed E-state index contributed by atoms with van der Waals surface area (Å²) >= 11 is 0. The Labute approximate surface area is 253 Å². The summed E-state index contributed by atoms with van der Waals surface area (Å²) in [5.41, 5.74) is 0.0266. The average Bonchev–Trinajstić information content (AvgIpc) is 3.66. The Balaban J connectivity index is 1.12. The second-order valence-corrected chi connectivity index (χ2v) is 14.4. The average molecular weight is 599 g/mol. The van der Waals surface area contributed by atoms with Crippen LogP contribution in [0.15, 0.2) is 27.6 Å². The van der Waals surface area contributed by atoms with Crippen LogP contribution in [-0.2, 0) is 28.6 Å². The fourth-order valence-electron chi connectivity index (χ4n) is 10.3. The maximum absolute atomic E-state index is 12.6. The van der Waals surface area contributed by atoms with Crippen molar-refractivity contribution in [1.82, 2.24) is 0 Å². The number of rotatable bonds is 10. The third-order valence-electron chi connectivity index (χ3n) is 12.3. The number of epoxide rings is 1. The number of hydrogen-bond acceptors (Lipinski definition) is 8. The zero-order valence-corrected chi connectivity index (χ0v) is 25.7. The number of carboxylic acid groups (broad SMARTS) is 1. The molecule has 43 heavy (non-hydrogen) atoms. The molecule has 4 saturated carbocycles. The smallest absolute Gasteiger partial charge is 0.335 e. The maximum atomic E-state index is 12.6. The van der Waals surface area contributed by atoms with E-state index in [1.54, 1.807) is 6.26 Å². The number of fused-ring (bicyclic) bond motifs is 3. The van der Waals surface area contributed by atoms with Gasteiger partial charge in [0.2, 0.25) is 0 Å². The number of aliphatic carboxylic acids is 1. The molecular formula is C34H46O9. The molecular weight excluding hydrogens is 552 g/mol. The lowest BCUT2D eigenvalue weighted by Crippen LogP contribution is -2.58. The molecule has 9 heteroatoms. The lowest BCUT2D eigenvalue weighted by molar-refractivity contribution is -0.168. The van der Waals surface area contributed by atoms with Gasteiger partial charge in [-0.2, -0.15) is 0 Å². The summed E-state index contributed by atoms with van der Waals surface area (Å²) in [6, 6.07) is 3.27. The highest BCUT2D eigenvalue weighted by Crippen LogP contribution is 2.78. The fraction of sp³-hybridized carbons (Fsp3) is 0.765. The predicted octanol–water partition coefficient (Wildman–Crippen LogP) is 5.78. The van der Waals surface area contributed by atoms with E-state index in [0.717, 1.165) is 69.8 Å². The SMILES string of the molecule is CC(=O)O[C@H]1[C@H]2O[C@@]23[C@@H]2CC[C@@H]4C[C@@H](OC(=O)CCCCCCC(=O)O)CC[C@]4(C)[C@H]2CC[C@]3(C)[C@H]1c1ccc(=O)oc1. The molecule has 1 N–H and O–H groups in total. The van der Waals surface area contributed by atoms with Crippen molar-refractivity contribution >= 4 is 17.9 Å². The molecule has 0 bridgehead atoms. The van der Waals surface area contributed by atoms with Gasteiger partial charge in [0.05, 0.1) is 6.26 Å². The minimum Gasteiger partial charge on any atom is -0.481 e. The van der Waals surface area contributed by atoms with Crippen molar-refractivity contribution in [3.8, 4) is 0 Å². The molecule has 4 aliphatic carbocycles. The van der Waals surface area contributed by atoms with Crippen LogP contribution in [0.2, 0.25) is 0 Å². The van der Waals surface area contributed by atoms with Gasteiger partial charge in [0.25, 0.3) is 0 Å². The summed E-state index contributed by atoms with van der Waals surface area (Å²) in [6.07, 6.45) is 11.5. The minimum absolute atomic E-state index is 0.0389. The number of carbonyl (C=O) groups is 3. The van der Waals surface area contributed by atoms with Crippen molar-refractivity contribution in [3.05, 3.63) is 34.4 Å². The van der Waals surface area contributed by atoms with Gasteiger partial charge in [-0.3, -0.25) is 14.4 Å². The maximum Gasteiger partial charge on any atom is 0.335 e. The second-order valence-electron chi connectivity index (χ2n) is 14.4. The first-order valence-corrected chi connectivity index (χ1v) is 16.3. The molecule has 10 atom stereocenters. The third kappa shape index (κ3) is 5.13. The number of ether oxygens (including phenoxy) is 3. The van der Waals surface area contributed by atoms with Crippen LogP contribution >= 0.6 is 0 Å². The van der Waals surface area contributed by atoms with Crippen molar-refractivity contribution < 1.29 is 38.1 Å². The van der Waals surface area contributed by atoms with Crippen LogP contribution in [0.25, 0.3) is 0 Å². The van der Waals surface area contributed by atoms with Gasteiger partial charge < -0.3 is 23.7 Å². The van der Waals surface area contributed by atoms with Crippen molar-refractivity contribution in [2.45, 2.75) is 134 Å². The third-order valence-corrected chi connectivity index (χ3v) is 12.3. The molecule has 6 rings (SSSR count). The Morgan fingerprint density at radius 2 is 1.72 bits per heavy atom. The Hall–Kier alpha value is -2.68. The Kier molecular flexibility index (Phi) is 8.01. The standard InChI is InChI=1S/C34H46O9/c1-20(35)41-30-29(21-10-13-27(38)40-19-21)33(3)17-15-24-25(34(33)31(30)43-34)12-11-22-18-23(14-16-32(22,24)2)42-28(39)9-7-5-4-6-8-26(36)37/h10,13,19,22-25,29-31H,4-9,11-12,14-18H2,1-3H3,(H,36,37)/t22-,23+,24+,25-,29+,30-,31-,32+,33-,34+/m1/s1. The molecule has 1 saturated heterocycles. The molecule has 0 amide bonds. The van der Waals surface area contributed by atoms with Crippen molar-refractivity contribution in [3.63, 3.8) is 0 Å². The van der Waals surface area contributed by atoms with E-state index in [1.807, 2.05) is 6.07 Å². The van der Waals surface area contributed by atoms with Crippen LogP contribution in [0, 0.1) is 28.6 Å². The monoisotopic (exact) mass is 598 g/mol. The van der Waals surface area contributed by atoms with E-state index in [0.29, 0.717) is 30.6 Å². The molecule has 9 nitrogen and oxygen atoms in total. The van der Waals surface area contributed by atoms with E-state index in [-0.39, 0.29) is 52.9 Å². The molecule has 236 valence electrons. The normalized spacial score (nSPS) is 40.8. The van der Waals surface area contributed by atoms with E-state index in [1.165, 1.54) is 13.0 Å². The summed E-state index contributed by atoms with van der Waals surface area (Å²) in [5.74, 6) is 0.00291. The van der Waals surface area contributed by atoms with E-state index in [4.69, 9.17) is 23.7 Å². The van der Waals surface area contributed by atoms with Crippen LogP contribution < -0.4 is 5.63 Å². The Morgan fingerprint density at radius 1 is 0.953 bits per heavy atom. The van der Waals surface area contributed by atoms with Crippen LogP contribution in [0.5, 0.6) is 0 Å². The summed E-state index contributed by atoms with van der Waals surface area (Å²) < 4.78 is 23.9. The van der Waals surface area contributed by atoms with Crippen LogP contribution in [-0.4, -0.2) is 46.9 Å². The van der Waals surface area contributed by atoms with Gasteiger partial charge in [0.15, 0.2) is 0 Å². The van der Waals surface area contributed by atoms with Gasteiger partial charge >= 0.3 is 23.5 Å². The highest BCUT2D eigenvalue weighted by molar-refractivity contribution is 5.69. The van der Waals surface area contributed by atoms with Gasteiger partial charge in [-0.15, -0.1) is 0 Å². The van der Waals surface area contributed by atoms with E-state index < -0.39 is 17.7 Å². The summed E-state index contributed by atoms with van der Waals surface area (Å²) in [4.78, 5) is 47.3. The molecule has 5 fully saturated rings. The topological polar surface area (TPSA) is 133 Å². The summed E-state index contributed by atoms with van der Waals surface area (Å²) in [5, 5.41) is 8.76. The predicted molar refractivity (Wildman–Crippen MR) is 155 cm³/mol. The highest BCUT2D eigenvalue weighted by Gasteiger charge is 2.84. The molecule has 1 aromatic rings. The zero-order chi connectivity index (χ0) is 30.6. The van der Waals surface area contributed by atoms with Gasteiger partial charge in [-0.05, 0) is 92.6 Å². The van der Waals surface area contributed by atoms with Gasteiger partial charge in [0.1, 0.15) is 23.9 Å².